The average Bonchev–Trinajstić information content (AvgIpc) is 3.01. The number of nitrogens with two attached hydrogens (primary N) is 1. The predicted molar refractivity (Wildman–Crippen MR) is 114 cm³/mol. The van der Waals surface area contributed by atoms with E-state index in [2.05, 4.69) is 5.32 Å². The summed E-state index contributed by atoms with van der Waals surface area (Å²) in [6.07, 6.45) is -5.33. The molecule has 186 valence electrons. The zero-order valence-electron chi connectivity index (χ0n) is 18.4. The van der Waals surface area contributed by atoms with Crippen LogP contribution in [-0.2, 0) is 14.8 Å². The minimum absolute atomic E-state index is 0.000733. The molecule has 0 aromatic heterocycles. The third kappa shape index (κ3) is 4.48. The van der Waals surface area contributed by atoms with Crippen LogP contribution in [-0.4, -0.2) is 27.6 Å². The summed E-state index contributed by atoms with van der Waals surface area (Å²) in [5.74, 6) is -7.74. The van der Waals surface area contributed by atoms with Crippen LogP contribution in [0.5, 0.6) is 5.75 Å². The first-order chi connectivity index (χ1) is 15.6. The number of carbonyl (C=O) groups excluding carboxylic acids is 1. The lowest BCUT2D eigenvalue weighted by Crippen LogP contribution is -2.38. The lowest BCUT2D eigenvalue weighted by molar-refractivity contribution is -0.229. The molecule has 2 aromatic rings. The molecule has 1 amide bonds. The molecule has 6 nitrogen and oxygen atoms in total. The summed E-state index contributed by atoms with van der Waals surface area (Å²) >= 11 is 0. The van der Waals surface area contributed by atoms with Crippen molar-refractivity contribution in [2.24, 2.45) is 22.4 Å². The molecule has 12 heteroatoms. The van der Waals surface area contributed by atoms with Gasteiger partial charge in [0.25, 0.3) is 0 Å². The number of alkyl halides is 3. The Hall–Kier alpha value is -2.73. The van der Waals surface area contributed by atoms with Gasteiger partial charge in [0.2, 0.25) is 21.7 Å². The standard InChI is InChI=1S/C22H23F5N2O4S/c1-11-17(14-7-8-16(23)18(24)19(14)33-3)15(10-21(11,2)22(25,26)27)20(30)29-12-5-4-6-13(9-12)34(28,31)32/h4-9,11,15,17H,10H2,1-3H3,(H,29,30)(H2,28,31,32)/t11-,15+,17-,21+/m0/s1. The van der Waals surface area contributed by atoms with E-state index >= 15 is 0 Å². The fourth-order valence-electron chi connectivity index (χ4n) is 4.63. The van der Waals surface area contributed by atoms with Crippen molar-refractivity contribution in [2.45, 2.75) is 37.3 Å². The minimum atomic E-state index is -4.70. The van der Waals surface area contributed by atoms with E-state index in [0.29, 0.717) is 0 Å². The zero-order chi connectivity index (χ0) is 25.6. The van der Waals surface area contributed by atoms with Crippen molar-refractivity contribution in [1.82, 2.24) is 0 Å². The molecule has 34 heavy (non-hydrogen) atoms. The molecule has 0 saturated heterocycles. The number of primary sulfonamides is 1. The van der Waals surface area contributed by atoms with Crippen LogP contribution in [0.3, 0.4) is 0 Å². The molecule has 0 unspecified atom stereocenters. The van der Waals surface area contributed by atoms with Crippen LogP contribution < -0.4 is 15.2 Å². The molecule has 2 aromatic carbocycles. The number of rotatable bonds is 5. The highest BCUT2D eigenvalue weighted by molar-refractivity contribution is 7.89. The van der Waals surface area contributed by atoms with Crippen molar-refractivity contribution in [3.63, 3.8) is 0 Å². The molecule has 3 rings (SSSR count). The Morgan fingerprint density at radius 3 is 2.41 bits per heavy atom. The van der Waals surface area contributed by atoms with Gasteiger partial charge in [-0.15, -0.1) is 0 Å². The molecule has 0 heterocycles. The van der Waals surface area contributed by atoms with Gasteiger partial charge in [-0.3, -0.25) is 4.79 Å². The molecule has 1 aliphatic rings. The molecular weight excluding hydrogens is 483 g/mol. The molecule has 0 radical (unpaired) electrons. The summed E-state index contributed by atoms with van der Waals surface area (Å²) in [7, 11) is -3.04. The van der Waals surface area contributed by atoms with E-state index in [1.165, 1.54) is 25.1 Å². The van der Waals surface area contributed by atoms with E-state index in [0.717, 1.165) is 32.2 Å². The Bertz CT molecular complexity index is 1220. The van der Waals surface area contributed by atoms with Crippen LogP contribution in [0, 0.1) is 28.9 Å². The topological polar surface area (TPSA) is 98.5 Å². The summed E-state index contributed by atoms with van der Waals surface area (Å²) in [4.78, 5) is 12.9. The molecule has 3 N–H and O–H groups in total. The van der Waals surface area contributed by atoms with Gasteiger partial charge in [0, 0.05) is 23.1 Å². The smallest absolute Gasteiger partial charge is 0.394 e. The van der Waals surface area contributed by atoms with Crippen molar-refractivity contribution < 1.29 is 39.9 Å². The van der Waals surface area contributed by atoms with Gasteiger partial charge in [0.05, 0.1) is 17.4 Å². The molecule has 0 spiro atoms. The Labute approximate surface area is 193 Å². The normalized spacial score (nSPS) is 25.3. The van der Waals surface area contributed by atoms with E-state index in [9.17, 15) is 35.2 Å². The van der Waals surface area contributed by atoms with Gasteiger partial charge in [-0.2, -0.15) is 17.6 Å². The largest absolute Gasteiger partial charge is 0.493 e. The number of halogens is 5. The van der Waals surface area contributed by atoms with E-state index in [4.69, 9.17) is 9.88 Å². The van der Waals surface area contributed by atoms with Crippen molar-refractivity contribution >= 4 is 21.6 Å². The van der Waals surface area contributed by atoms with Crippen LogP contribution in [0.25, 0.3) is 0 Å². The maximum absolute atomic E-state index is 14.4. The lowest BCUT2D eigenvalue weighted by atomic mass is 9.75. The van der Waals surface area contributed by atoms with E-state index in [1.807, 2.05) is 0 Å². The first-order valence-corrected chi connectivity index (χ1v) is 11.7. The highest BCUT2D eigenvalue weighted by Gasteiger charge is 2.64. The number of amides is 1. The number of hydrogen-bond donors (Lipinski definition) is 2. The quantitative estimate of drug-likeness (QED) is 0.581. The SMILES string of the molecule is COc1c([C@H]2[C@H](C(=O)Nc3cccc(S(N)(=O)=O)c3)C[C@@](C)(C(F)(F)F)[C@H]2C)ccc(F)c1F. The Morgan fingerprint density at radius 1 is 1.21 bits per heavy atom. The van der Waals surface area contributed by atoms with Crippen molar-refractivity contribution in [1.29, 1.82) is 0 Å². The predicted octanol–water partition coefficient (Wildman–Crippen LogP) is 4.57. The second kappa shape index (κ2) is 8.81. The molecular formula is C22H23F5N2O4S. The van der Waals surface area contributed by atoms with Gasteiger partial charge in [-0.25, -0.2) is 17.9 Å². The number of sulfonamides is 1. The fraction of sp³-hybridized carbons (Fsp3) is 0.409. The molecule has 1 fully saturated rings. The van der Waals surface area contributed by atoms with Gasteiger partial charge in [0.15, 0.2) is 11.6 Å². The summed E-state index contributed by atoms with van der Waals surface area (Å²) < 4.78 is 98.6. The van der Waals surface area contributed by atoms with Gasteiger partial charge < -0.3 is 10.1 Å². The highest BCUT2D eigenvalue weighted by Crippen LogP contribution is 2.62. The lowest BCUT2D eigenvalue weighted by Gasteiger charge is -2.33. The monoisotopic (exact) mass is 506 g/mol. The first-order valence-electron chi connectivity index (χ1n) is 10.1. The number of hydrogen-bond acceptors (Lipinski definition) is 4. The van der Waals surface area contributed by atoms with Crippen LogP contribution in [0.15, 0.2) is 41.3 Å². The van der Waals surface area contributed by atoms with Gasteiger partial charge in [0.1, 0.15) is 0 Å². The van der Waals surface area contributed by atoms with Crippen molar-refractivity contribution in [3.8, 4) is 5.75 Å². The minimum Gasteiger partial charge on any atom is -0.493 e. The van der Waals surface area contributed by atoms with Gasteiger partial charge in [-0.05, 0) is 36.6 Å². The van der Waals surface area contributed by atoms with Crippen LogP contribution >= 0.6 is 0 Å². The Balaban J connectivity index is 2.08. The summed E-state index contributed by atoms with van der Waals surface area (Å²) in [5, 5.41) is 7.53. The third-order valence-corrected chi connectivity index (χ3v) is 7.59. The number of nitrogens with one attached hydrogen (secondary N) is 1. The molecule has 4 atom stereocenters. The number of anilines is 1. The van der Waals surface area contributed by atoms with Gasteiger partial charge in [-0.1, -0.05) is 26.0 Å². The molecule has 0 aliphatic heterocycles. The zero-order valence-corrected chi connectivity index (χ0v) is 19.2. The summed E-state index contributed by atoms with van der Waals surface area (Å²) in [5.41, 5.74) is -2.39. The number of methoxy groups -OCH3 is 1. The van der Waals surface area contributed by atoms with Crippen LogP contribution in [0.4, 0.5) is 27.6 Å². The number of benzene rings is 2. The Morgan fingerprint density at radius 2 is 1.85 bits per heavy atom. The van der Waals surface area contributed by atoms with E-state index < -0.39 is 69.1 Å². The molecule has 1 saturated carbocycles. The van der Waals surface area contributed by atoms with E-state index in [-0.39, 0.29) is 16.1 Å². The maximum atomic E-state index is 14.4. The highest BCUT2D eigenvalue weighted by atomic mass is 32.2. The average molecular weight is 506 g/mol. The number of ether oxygens (including phenoxy) is 1. The summed E-state index contributed by atoms with van der Waals surface area (Å²) in [6.45, 7) is 2.28. The van der Waals surface area contributed by atoms with Crippen LogP contribution in [0.1, 0.15) is 31.7 Å². The fourth-order valence-corrected chi connectivity index (χ4v) is 5.19. The van der Waals surface area contributed by atoms with E-state index in [1.54, 1.807) is 0 Å². The second-order valence-electron chi connectivity index (χ2n) is 8.59. The third-order valence-electron chi connectivity index (χ3n) is 6.68. The van der Waals surface area contributed by atoms with Crippen molar-refractivity contribution in [3.05, 3.63) is 53.6 Å². The number of carbonyl (C=O) groups is 1. The summed E-state index contributed by atoms with van der Waals surface area (Å²) in [6, 6.07) is 6.81. The first kappa shape index (κ1) is 25.9. The maximum Gasteiger partial charge on any atom is 0.394 e. The second-order valence-corrected chi connectivity index (χ2v) is 10.1. The van der Waals surface area contributed by atoms with Gasteiger partial charge >= 0.3 is 6.18 Å². The van der Waals surface area contributed by atoms with Crippen molar-refractivity contribution in [2.75, 3.05) is 12.4 Å². The van der Waals surface area contributed by atoms with Crippen LogP contribution in [0.2, 0.25) is 0 Å². The molecule has 1 aliphatic carbocycles. The Kier molecular flexibility index (Phi) is 6.70. The molecule has 0 bridgehead atoms.